The van der Waals surface area contributed by atoms with Gasteiger partial charge in [-0.15, -0.1) is 0 Å². The highest BCUT2D eigenvalue weighted by Gasteiger charge is 2.15. The molecule has 0 saturated heterocycles. The van der Waals surface area contributed by atoms with Gasteiger partial charge in [-0.25, -0.2) is 9.18 Å². The Labute approximate surface area is 130 Å². The zero-order valence-electron chi connectivity index (χ0n) is 13.2. The molecule has 1 N–H and O–H groups in total. The van der Waals surface area contributed by atoms with Crippen LogP contribution < -0.4 is 5.32 Å². The highest BCUT2D eigenvalue weighted by atomic mass is 19.1. The predicted molar refractivity (Wildman–Crippen MR) is 82.1 cm³/mol. The minimum Gasteiger partial charge on any atom is -0.444 e. The third-order valence-corrected chi connectivity index (χ3v) is 2.51. The summed E-state index contributed by atoms with van der Waals surface area (Å²) in [5, 5.41) is 2.56. The molecule has 22 heavy (non-hydrogen) atoms. The maximum Gasteiger partial charge on any atom is 0.407 e. The molecule has 1 aromatic rings. The van der Waals surface area contributed by atoms with Crippen molar-refractivity contribution in [3.63, 3.8) is 0 Å². The third kappa shape index (κ3) is 6.40. The van der Waals surface area contributed by atoms with Crippen molar-refractivity contribution < 1.29 is 18.7 Å². The van der Waals surface area contributed by atoms with Gasteiger partial charge in [0.25, 0.3) is 0 Å². The van der Waals surface area contributed by atoms with Gasteiger partial charge in [0, 0.05) is 18.5 Å². The third-order valence-electron chi connectivity index (χ3n) is 2.51. The lowest BCUT2D eigenvalue weighted by molar-refractivity contribution is 0.0529. The maximum absolute atomic E-state index is 13.6. The van der Waals surface area contributed by atoms with Crippen LogP contribution in [0.25, 0.3) is 0 Å². The van der Waals surface area contributed by atoms with E-state index in [0.717, 1.165) is 0 Å². The van der Waals surface area contributed by atoms with Crippen LogP contribution in [-0.4, -0.2) is 24.0 Å². The van der Waals surface area contributed by atoms with Crippen LogP contribution in [0.5, 0.6) is 0 Å². The Balaban J connectivity index is 2.53. The molecule has 0 aromatic heterocycles. The normalized spacial score (nSPS) is 10.4. The standard InChI is InChI=1S/C17H20FNO3/c1-12(20)13-8-9-15(18)14(11-13)7-5-6-10-19-16(21)22-17(2,3)4/h8-9,11H,6,10H2,1-4H3,(H,19,21). The van der Waals surface area contributed by atoms with E-state index in [-0.39, 0.29) is 11.3 Å². The van der Waals surface area contributed by atoms with Crippen LogP contribution in [0.3, 0.4) is 0 Å². The van der Waals surface area contributed by atoms with Crippen molar-refractivity contribution >= 4 is 11.9 Å². The largest absolute Gasteiger partial charge is 0.444 e. The summed E-state index contributed by atoms with van der Waals surface area (Å²) in [6, 6.07) is 4.07. The summed E-state index contributed by atoms with van der Waals surface area (Å²) in [6.07, 6.45) is -0.165. The number of carbonyl (C=O) groups is 2. The second kappa shape index (κ2) is 7.60. The number of hydrogen-bond acceptors (Lipinski definition) is 3. The highest BCUT2D eigenvalue weighted by Crippen LogP contribution is 2.10. The van der Waals surface area contributed by atoms with E-state index in [1.165, 1.54) is 25.1 Å². The van der Waals surface area contributed by atoms with E-state index in [0.29, 0.717) is 18.5 Å². The number of halogens is 1. The summed E-state index contributed by atoms with van der Waals surface area (Å²) in [6.45, 7) is 7.04. The first-order valence-corrected chi connectivity index (χ1v) is 6.95. The van der Waals surface area contributed by atoms with Gasteiger partial charge in [0.1, 0.15) is 11.4 Å². The van der Waals surface area contributed by atoms with Crippen LogP contribution in [0.1, 0.15) is 50.0 Å². The van der Waals surface area contributed by atoms with Crippen molar-refractivity contribution in [1.29, 1.82) is 0 Å². The van der Waals surface area contributed by atoms with E-state index in [2.05, 4.69) is 17.2 Å². The Morgan fingerprint density at radius 3 is 2.59 bits per heavy atom. The van der Waals surface area contributed by atoms with E-state index in [9.17, 15) is 14.0 Å². The van der Waals surface area contributed by atoms with Crippen molar-refractivity contribution in [2.75, 3.05) is 6.54 Å². The van der Waals surface area contributed by atoms with Gasteiger partial charge in [0.2, 0.25) is 0 Å². The molecule has 0 bridgehead atoms. The zero-order valence-corrected chi connectivity index (χ0v) is 13.2. The molecule has 0 aliphatic rings. The molecule has 1 aromatic carbocycles. The molecule has 5 heteroatoms. The Morgan fingerprint density at radius 1 is 1.32 bits per heavy atom. The number of ether oxygens (including phenoxy) is 1. The van der Waals surface area contributed by atoms with Crippen molar-refractivity contribution in [3.05, 3.63) is 35.1 Å². The number of amides is 1. The fourth-order valence-electron chi connectivity index (χ4n) is 1.54. The number of carbonyl (C=O) groups excluding carboxylic acids is 2. The number of nitrogens with one attached hydrogen (secondary N) is 1. The van der Waals surface area contributed by atoms with Gasteiger partial charge >= 0.3 is 6.09 Å². The average molecular weight is 305 g/mol. The maximum atomic E-state index is 13.6. The Kier molecular flexibility index (Phi) is 6.11. The number of alkyl carbamates (subject to hydrolysis) is 1. The smallest absolute Gasteiger partial charge is 0.407 e. The summed E-state index contributed by atoms with van der Waals surface area (Å²) in [7, 11) is 0. The van der Waals surface area contributed by atoms with E-state index in [1.54, 1.807) is 20.8 Å². The minimum absolute atomic E-state index is 0.144. The molecule has 1 rings (SSSR count). The quantitative estimate of drug-likeness (QED) is 0.529. The molecule has 0 spiro atoms. The Bertz CT molecular complexity index is 621. The monoisotopic (exact) mass is 305 g/mol. The summed E-state index contributed by atoms with van der Waals surface area (Å²) in [5.41, 5.74) is 0.0361. The summed E-state index contributed by atoms with van der Waals surface area (Å²) >= 11 is 0. The van der Waals surface area contributed by atoms with Gasteiger partial charge < -0.3 is 10.1 Å². The van der Waals surface area contributed by atoms with Gasteiger partial charge in [-0.1, -0.05) is 11.8 Å². The van der Waals surface area contributed by atoms with Gasteiger partial charge in [-0.05, 0) is 45.9 Å². The van der Waals surface area contributed by atoms with E-state index in [1.807, 2.05) is 0 Å². The van der Waals surface area contributed by atoms with Crippen molar-refractivity contribution in [3.8, 4) is 11.8 Å². The summed E-state index contributed by atoms with van der Waals surface area (Å²) in [4.78, 5) is 22.6. The minimum atomic E-state index is -0.550. The van der Waals surface area contributed by atoms with Crippen LogP contribution >= 0.6 is 0 Å². The first-order valence-electron chi connectivity index (χ1n) is 6.95. The molecule has 0 aliphatic carbocycles. The number of ketones is 1. The van der Waals surface area contributed by atoms with E-state index >= 15 is 0 Å². The summed E-state index contributed by atoms with van der Waals surface area (Å²) < 4.78 is 18.6. The molecule has 0 radical (unpaired) electrons. The topological polar surface area (TPSA) is 55.4 Å². The molecule has 0 aliphatic heterocycles. The second-order valence-electron chi connectivity index (χ2n) is 5.73. The average Bonchev–Trinajstić information content (AvgIpc) is 2.37. The number of benzene rings is 1. The van der Waals surface area contributed by atoms with Gasteiger partial charge in [-0.3, -0.25) is 4.79 Å². The zero-order chi connectivity index (χ0) is 16.8. The van der Waals surface area contributed by atoms with Crippen LogP contribution in [0.2, 0.25) is 0 Å². The second-order valence-corrected chi connectivity index (χ2v) is 5.73. The first kappa shape index (κ1) is 17.7. The van der Waals surface area contributed by atoms with Crippen LogP contribution in [0.4, 0.5) is 9.18 Å². The molecular weight excluding hydrogens is 285 g/mol. The van der Waals surface area contributed by atoms with Gasteiger partial charge in [0.15, 0.2) is 5.78 Å². The molecular formula is C17H20FNO3. The Morgan fingerprint density at radius 2 is 2.00 bits per heavy atom. The van der Waals surface area contributed by atoms with Crippen LogP contribution in [0, 0.1) is 17.7 Å². The molecule has 0 saturated carbocycles. The lowest BCUT2D eigenvalue weighted by Gasteiger charge is -2.19. The number of rotatable bonds is 3. The van der Waals surface area contributed by atoms with Gasteiger partial charge in [-0.2, -0.15) is 0 Å². The fourth-order valence-corrected chi connectivity index (χ4v) is 1.54. The summed E-state index contributed by atoms with van der Waals surface area (Å²) in [5.74, 6) is 4.80. The van der Waals surface area contributed by atoms with Crippen LogP contribution in [0.15, 0.2) is 18.2 Å². The number of hydrogen-bond donors (Lipinski definition) is 1. The molecule has 0 unspecified atom stereocenters. The molecule has 1 amide bonds. The fraction of sp³-hybridized carbons (Fsp3) is 0.412. The van der Waals surface area contributed by atoms with E-state index in [4.69, 9.17) is 4.74 Å². The molecule has 0 fully saturated rings. The van der Waals surface area contributed by atoms with Crippen LogP contribution in [-0.2, 0) is 4.74 Å². The number of Topliss-reactive ketones (excluding diaryl/α,β-unsaturated/α-hetero) is 1. The highest BCUT2D eigenvalue weighted by molar-refractivity contribution is 5.94. The molecule has 4 nitrogen and oxygen atoms in total. The first-order chi connectivity index (χ1) is 10.2. The molecule has 0 atom stereocenters. The van der Waals surface area contributed by atoms with Crippen molar-refractivity contribution in [2.45, 2.75) is 39.7 Å². The van der Waals surface area contributed by atoms with E-state index < -0.39 is 17.5 Å². The lowest BCUT2D eigenvalue weighted by Crippen LogP contribution is -2.32. The Hall–Kier alpha value is -2.35. The van der Waals surface area contributed by atoms with Gasteiger partial charge in [0.05, 0.1) is 5.56 Å². The lowest BCUT2D eigenvalue weighted by atomic mass is 10.1. The van der Waals surface area contributed by atoms with Crippen molar-refractivity contribution in [1.82, 2.24) is 5.32 Å². The van der Waals surface area contributed by atoms with Crippen molar-refractivity contribution in [2.24, 2.45) is 0 Å². The predicted octanol–water partition coefficient (Wildman–Crippen LogP) is 3.29. The SMILES string of the molecule is CC(=O)c1ccc(F)c(C#CCCNC(=O)OC(C)(C)C)c1. The molecule has 0 heterocycles. The molecule has 118 valence electrons.